The zero-order chi connectivity index (χ0) is 22.3. The number of rotatable bonds is 4. The molecule has 2 aromatic heterocycles. The normalized spacial score (nSPS) is 20.7. The van der Waals surface area contributed by atoms with Crippen LogP contribution in [0.2, 0.25) is 0 Å². The number of carbonyl (C=O) groups excluding carboxylic acids is 1. The van der Waals surface area contributed by atoms with Crippen molar-refractivity contribution >= 4 is 28.4 Å². The fourth-order valence-corrected chi connectivity index (χ4v) is 5.41. The molecule has 172 valence electrons. The largest absolute Gasteiger partial charge is 0.378 e. The molecule has 2 saturated heterocycles. The van der Waals surface area contributed by atoms with Gasteiger partial charge in [-0.25, -0.2) is 9.97 Å². The van der Waals surface area contributed by atoms with Crippen LogP contribution in [0.15, 0.2) is 36.7 Å². The van der Waals surface area contributed by atoms with E-state index in [0.29, 0.717) is 5.41 Å². The van der Waals surface area contributed by atoms with Crippen LogP contribution in [-0.4, -0.2) is 60.3 Å². The van der Waals surface area contributed by atoms with E-state index >= 15 is 0 Å². The molecular weight excluding hydrogens is 416 g/mol. The first kappa shape index (κ1) is 20.6. The number of anilines is 2. The van der Waals surface area contributed by atoms with Gasteiger partial charge in [0.15, 0.2) is 0 Å². The molecule has 8 nitrogen and oxygen atoms in total. The van der Waals surface area contributed by atoms with Gasteiger partial charge in [-0.1, -0.05) is 12.1 Å². The van der Waals surface area contributed by atoms with Gasteiger partial charge in [-0.2, -0.15) is 0 Å². The first-order valence-electron chi connectivity index (χ1n) is 12.0. The van der Waals surface area contributed by atoms with Gasteiger partial charge in [0.25, 0.3) is 0 Å². The third kappa shape index (κ3) is 3.98. The Labute approximate surface area is 193 Å². The number of H-pyrrole nitrogens is 1. The molecule has 0 radical (unpaired) electrons. The SMILES string of the molecule is O=C(Nc1ccc(-c2cc3c(N4CCOCC4)ncnc3[nH]2)cc1)C1CCC2(CC1)CNC2. The molecule has 2 aliphatic heterocycles. The van der Waals surface area contributed by atoms with Crippen LogP contribution in [0.1, 0.15) is 25.7 Å². The Balaban J connectivity index is 1.15. The summed E-state index contributed by atoms with van der Waals surface area (Å²) in [6, 6.07) is 10.2. The van der Waals surface area contributed by atoms with Gasteiger partial charge in [-0.05, 0) is 54.9 Å². The predicted octanol–water partition coefficient (Wildman–Crippen LogP) is 3.18. The monoisotopic (exact) mass is 446 g/mol. The Bertz CT molecular complexity index is 1140. The van der Waals surface area contributed by atoms with Gasteiger partial charge in [0.05, 0.1) is 18.6 Å². The van der Waals surface area contributed by atoms with Crippen LogP contribution in [0, 0.1) is 11.3 Å². The fourth-order valence-electron chi connectivity index (χ4n) is 5.41. The molecule has 3 N–H and O–H groups in total. The van der Waals surface area contributed by atoms with E-state index in [4.69, 9.17) is 4.74 Å². The van der Waals surface area contributed by atoms with Gasteiger partial charge in [0.1, 0.15) is 17.8 Å². The molecule has 0 bridgehead atoms. The molecule has 1 aromatic carbocycles. The number of hydrogen-bond donors (Lipinski definition) is 3. The van der Waals surface area contributed by atoms with Crippen molar-refractivity contribution in [1.29, 1.82) is 0 Å². The van der Waals surface area contributed by atoms with E-state index in [9.17, 15) is 4.79 Å². The van der Waals surface area contributed by atoms with Crippen LogP contribution in [0.4, 0.5) is 11.5 Å². The number of aromatic amines is 1. The molecule has 0 atom stereocenters. The molecule has 1 spiro atoms. The summed E-state index contributed by atoms with van der Waals surface area (Å²) in [5.41, 5.74) is 4.19. The quantitative estimate of drug-likeness (QED) is 0.570. The van der Waals surface area contributed by atoms with Crippen molar-refractivity contribution in [3.8, 4) is 11.3 Å². The van der Waals surface area contributed by atoms with E-state index < -0.39 is 0 Å². The van der Waals surface area contributed by atoms with Gasteiger partial charge >= 0.3 is 0 Å². The number of nitrogens with zero attached hydrogens (tertiary/aromatic N) is 3. The molecular formula is C25H30N6O2. The predicted molar refractivity (Wildman–Crippen MR) is 128 cm³/mol. The van der Waals surface area contributed by atoms with Crippen LogP contribution < -0.4 is 15.5 Å². The van der Waals surface area contributed by atoms with Gasteiger partial charge in [0.2, 0.25) is 5.91 Å². The standard InChI is InChI=1S/C25H30N6O2/c32-24(18-5-7-25(8-6-18)14-26-15-25)29-19-3-1-17(2-4-19)21-13-20-22(30-21)27-16-28-23(20)31-9-11-33-12-10-31/h1-4,13,16,18,26H,5-12,14-15H2,(H,29,32)(H,27,28,30). The average Bonchev–Trinajstić information content (AvgIpc) is 3.29. The number of hydrogen-bond acceptors (Lipinski definition) is 6. The molecule has 3 aliphatic rings. The second-order valence-corrected chi connectivity index (χ2v) is 9.69. The summed E-state index contributed by atoms with van der Waals surface area (Å²) in [5.74, 6) is 1.23. The van der Waals surface area contributed by atoms with Crippen LogP contribution in [0.5, 0.6) is 0 Å². The summed E-state index contributed by atoms with van der Waals surface area (Å²) >= 11 is 0. The Morgan fingerprint density at radius 2 is 1.85 bits per heavy atom. The molecule has 3 aromatic rings. The number of carbonyl (C=O) groups is 1. The van der Waals surface area contributed by atoms with E-state index in [2.05, 4.69) is 36.6 Å². The fraction of sp³-hybridized carbons (Fsp3) is 0.480. The van der Waals surface area contributed by atoms with Crippen molar-refractivity contribution in [3.05, 3.63) is 36.7 Å². The molecule has 1 aliphatic carbocycles. The highest BCUT2D eigenvalue weighted by molar-refractivity contribution is 5.94. The third-order valence-electron chi connectivity index (χ3n) is 7.60. The number of ether oxygens (including phenoxy) is 1. The first-order chi connectivity index (χ1) is 16.2. The minimum absolute atomic E-state index is 0.127. The lowest BCUT2D eigenvalue weighted by atomic mass is 9.67. The highest BCUT2D eigenvalue weighted by Crippen LogP contribution is 2.42. The number of amides is 1. The molecule has 1 saturated carbocycles. The lowest BCUT2D eigenvalue weighted by Gasteiger charge is -2.47. The molecule has 8 heteroatoms. The Kier molecular flexibility index (Phi) is 5.27. The maximum absolute atomic E-state index is 12.8. The molecule has 3 fully saturated rings. The van der Waals surface area contributed by atoms with Crippen LogP contribution in [-0.2, 0) is 9.53 Å². The number of fused-ring (bicyclic) bond motifs is 1. The van der Waals surface area contributed by atoms with Crippen LogP contribution in [0.3, 0.4) is 0 Å². The number of aromatic nitrogens is 3. The Hall–Kier alpha value is -2.97. The lowest BCUT2D eigenvalue weighted by Crippen LogP contribution is -2.55. The average molecular weight is 447 g/mol. The van der Waals surface area contributed by atoms with E-state index in [1.165, 1.54) is 0 Å². The molecule has 4 heterocycles. The van der Waals surface area contributed by atoms with Crippen molar-refractivity contribution in [3.63, 3.8) is 0 Å². The minimum Gasteiger partial charge on any atom is -0.378 e. The van der Waals surface area contributed by atoms with Gasteiger partial charge in [0, 0.05) is 43.5 Å². The van der Waals surface area contributed by atoms with E-state index in [1.54, 1.807) is 6.33 Å². The summed E-state index contributed by atoms with van der Waals surface area (Å²) in [6.07, 6.45) is 5.92. The van der Waals surface area contributed by atoms with E-state index in [-0.39, 0.29) is 11.8 Å². The summed E-state index contributed by atoms with van der Waals surface area (Å²) in [5, 5.41) is 7.53. The number of benzene rings is 1. The summed E-state index contributed by atoms with van der Waals surface area (Å²) in [4.78, 5) is 27.4. The summed E-state index contributed by atoms with van der Waals surface area (Å²) in [6.45, 7) is 5.34. The number of morpholine rings is 1. The van der Waals surface area contributed by atoms with E-state index in [0.717, 1.165) is 98.9 Å². The maximum atomic E-state index is 12.8. The second-order valence-electron chi connectivity index (χ2n) is 9.69. The van der Waals surface area contributed by atoms with Crippen molar-refractivity contribution in [2.45, 2.75) is 25.7 Å². The number of nitrogens with one attached hydrogen (secondary N) is 3. The first-order valence-corrected chi connectivity index (χ1v) is 12.0. The Morgan fingerprint density at radius 1 is 1.09 bits per heavy atom. The smallest absolute Gasteiger partial charge is 0.227 e. The molecule has 6 rings (SSSR count). The van der Waals surface area contributed by atoms with Crippen LogP contribution in [0.25, 0.3) is 22.3 Å². The van der Waals surface area contributed by atoms with Gasteiger partial charge in [-0.15, -0.1) is 0 Å². The van der Waals surface area contributed by atoms with Crippen molar-refractivity contribution in [2.75, 3.05) is 49.6 Å². The summed E-state index contributed by atoms with van der Waals surface area (Å²) in [7, 11) is 0. The van der Waals surface area contributed by atoms with Gasteiger partial charge < -0.3 is 25.3 Å². The van der Waals surface area contributed by atoms with E-state index in [1.807, 2.05) is 24.3 Å². The minimum atomic E-state index is 0.127. The highest BCUT2D eigenvalue weighted by Gasteiger charge is 2.41. The molecule has 0 unspecified atom stereocenters. The zero-order valence-electron chi connectivity index (χ0n) is 18.8. The molecule has 33 heavy (non-hydrogen) atoms. The highest BCUT2D eigenvalue weighted by atomic mass is 16.5. The van der Waals surface area contributed by atoms with Crippen molar-refractivity contribution < 1.29 is 9.53 Å². The zero-order valence-corrected chi connectivity index (χ0v) is 18.8. The Morgan fingerprint density at radius 3 is 2.55 bits per heavy atom. The lowest BCUT2D eigenvalue weighted by molar-refractivity contribution is -0.121. The van der Waals surface area contributed by atoms with Crippen molar-refractivity contribution in [2.24, 2.45) is 11.3 Å². The third-order valence-corrected chi connectivity index (χ3v) is 7.60. The maximum Gasteiger partial charge on any atom is 0.227 e. The second kappa shape index (κ2) is 8.43. The van der Waals surface area contributed by atoms with Crippen molar-refractivity contribution in [1.82, 2.24) is 20.3 Å². The molecule has 1 amide bonds. The van der Waals surface area contributed by atoms with Crippen LogP contribution >= 0.6 is 0 Å². The topological polar surface area (TPSA) is 95.2 Å². The van der Waals surface area contributed by atoms with Gasteiger partial charge in [-0.3, -0.25) is 4.79 Å². The summed E-state index contributed by atoms with van der Waals surface area (Å²) < 4.78 is 5.48.